The molecule has 3 unspecified atom stereocenters. The Labute approximate surface area is 100 Å². The lowest BCUT2D eigenvalue weighted by molar-refractivity contribution is -0.148. The van der Waals surface area contributed by atoms with Crippen molar-refractivity contribution in [3.8, 4) is 0 Å². The first kappa shape index (κ1) is 11.0. The van der Waals surface area contributed by atoms with Gasteiger partial charge in [-0.05, 0) is 32.1 Å². The van der Waals surface area contributed by atoms with Gasteiger partial charge in [0, 0.05) is 6.61 Å². The summed E-state index contributed by atoms with van der Waals surface area (Å²) in [5, 5.41) is 2.83. The Morgan fingerprint density at radius 3 is 2.65 bits per heavy atom. The molecule has 1 aliphatic carbocycles. The molecule has 0 aromatic rings. The molecule has 3 atom stereocenters. The van der Waals surface area contributed by atoms with Crippen LogP contribution in [0, 0.1) is 5.92 Å². The zero-order chi connectivity index (χ0) is 12.0. The Balaban J connectivity index is 1.77. The standard InChI is InChI=1S/C12H18N2O3/c1-7-9(4-5-17-7)14-6-10(15)13-11(12(14)16)8-2-3-8/h7-9,11H,2-6H2,1H3,(H,13,15). The molecule has 0 aromatic heterocycles. The second-order valence-electron chi connectivity index (χ2n) is 5.28. The van der Waals surface area contributed by atoms with Crippen molar-refractivity contribution < 1.29 is 14.3 Å². The maximum absolute atomic E-state index is 12.3. The zero-order valence-electron chi connectivity index (χ0n) is 10.0. The molecule has 0 bridgehead atoms. The Morgan fingerprint density at radius 1 is 1.29 bits per heavy atom. The third-order valence-corrected chi connectivity index (χ3v) is 4.01. The minimum absolute atomic E-state index is 0.0272. The number of piperazine rings is 1. The number of hydrogen-bond donors (Lipinski definition) is 1. The quantitative estimate of drug-likeness (QED) is 0.731. The number of ether oxygens (including phenoxy) is 1. The van der Waals surface area contributed by atoms with Gasteiger partial charge < -0.3 is 15.0 Å². The van der Waals surface area contributed by atoms with E-state index in [4.69, 9.17) is 4.74 Å². The van der Waals surface area contributed by atoms with Crippen LogP contribution in [-0.2, 0) is 14.3 Å². The van der Waals surface area contributed by atoms with E-state index < -0.39 is 0 Å². The molecule has 0 radical (unpaired) electrons. The topological polar surface area (TPSA) is 58.6 Å². The van der Waals surface area contributed by atoms with Gasteiger partial charge in [-0.1, -0.05) is 0 Å². The molecule has 3 aliphatic rings. The molecule has 2 heterocycles. The molecule has 3 fully saturated rings. The van der Waals surface area contributed by atoms with Crippen LogP contribution in [-0.4, -0.2) is 48.1 Å². The highest BCUT2D eigenvalue weighted by molar-refractivity contribution is 5.95. The van der Waals surface area contributed by atoms with Crippen molar-refractivity contribution in [3.63, 3.8) is 0 Å². The number of rotatable bonds is 2. The Bertz CT molecular complexity index is 354. The fourth-order valence-electron chi connectivity index (χ4n) is 2.85. The van der Waals surface area contributed by atoms with E-state index in [0.29, 0.717) is 12.5 Å². The SMILES string of the molecule is CC1OCCC1N1CC(=O)NC(C2CC2)C1=O. The molecule has 2 saturated heterocycles. The van der Waals surface area contributed by atoms with Gasteiger partial charge in [0.05, 0.1) is 12.1 Å². The third-order valence-electron chi connectivity index (χ3n) is 4.01. The van der Waals surface area contributed by atoms with Gasteiger partial charge in [-0.2, -0.15) is 0 Å². The fourth-order valence-corrected chi connectivity index (χ4v) is 2.85. The van der Waals surface area contributed by atoms with E-state index in [0.717, 1.165) is 19.3 Å². The summed E-state index contributed by atoms with van der Waals surface area (Å²) in [4.78, 5) is 25.8. The molecular formula is C12H18N2O3. The van der Waals surface area contributed by atoms with Crippen LogP contribution >= 0.6 is 0 Å². The molecule has 3 rings (SSSR count). The van der Waals surface area contributed by atoms with Crippen LogP contribution in [0.1, 0.15) is 26.2 Å². The maximum Gasteiger partial charge on any atom is 0.246 e. The number of carbonyl (C=O) groups is 2. The molecule has 2 amide bonds. The monoisotopic (exact) mass is 238 g/mol. The van der Waals surface area contributed by atoms with Gasteiger partial charge in [0.2, 0.25) is 11.8 Å². The molecule has 0 spiro atoms. The molecule has 1 N–H and O–H groups in total. The fraction of sp³-hybridized carbons (Fsp3) is 0.833. The second kappa shape index (κ2) is 3.98. The predicted molar refractivity (Wildman–Crippen MR) is 60.2 cm³/mol. The van der Waals surface area contributed by atoms with Gasteiger partial charge >= 0.3 is 0 Å². The molecule has 0 aromatic carbocycles. The predicted octanol–water partition coefficient (Wildman–Crippen LogP) is -0.0992. The highest BCUT2D eigenvalue weighted by Gasteiger charge is 2.46. The number of amides is 2. The third kappa shape index (κ3) is 1.92. The highest BCUT2D eigenvalue weighted by atomic mass is 16.5. The summed E-state index contributed by atoms with van der Waals surface area (Å²) in [5.74, 6) is 0.432. The van der Waals surface area contributed by atoms with Gasteiger partial charge in [-0.25, -0.2) is 0 Å². The summed E-state index contributed by atoms with van der Waals surface area (Å²) in [6.07, 6.45) is 3.00. The lowest BCUT2D eigenvalue weighted by atomic mass is 10.0. The van der Waals surface area contributed by atoms with Crippen LogP contribution in [0.5, 0.6) is 0 Å². The number of hydrogen-bond acceptors (Lipinski definition) is 3. The van der Waals surface area contributed by atoms with Crippen LogP contribution in [0.3, 0.4) is 0 Å². The van der Waals surface area contributed by atoms with Crippen LogP contribution in [0.2, 0.25) is 0 Å². The van der Waals surface area contributed by atoms with Crippen molar-refractivity contribution in [2.45, 2.75) is 44.4 Å². The molecule has 5 nitrogen and oxygen atoms in total. The number of nitrogens with zero attached hydrogens (tertiary/aromatic N) is 1. The van der Waals surface area contributed by atoms with Crippen molar-refractivity contribution in [1.82, 2.24) is 10.2 Å². The number of nitrogens with one attached hydrogen (secondary N) is 1. The summed E-state index contributed by atoms with van der Waals surface area (Å²) in [5.41, 5.74) is 0. The first-order valence-corrected chi connectivity index (χ1v) is 6.38. The van der Waals surface area contributed by atoms with Crippen molar-refractivity contribution in [3.05, 3.63) is 0 Å². The van der Waals surface area contributed by atoms with Gasteiger partial charge in [0.1, 0.15) is 12.6 Å². The Kier molecular flexibility index (Phi) is 2.58. The smallest absolute Gasteiger partial charge is 0.246 e. The van der Waals surface area contributed by atoms with E-state index in [1.54, 1.807) is 4.90 Å². The van der Waals surface area contributed by atoms with Crippen molar-refractivity contribution >= 4 is 11.8 Å². The highest BCUT2D eigenvalue weighted by Crippen LogP contribution is 2.35. The van der Waals surface area contributed by atoms with Crippen molar-refractivity contribution in [2.24, 2.45) is 5.92 Å². The molecule has 5 heteroatoms. The summed E-state index contributed by atoms with van der Waals surface area (Å²) in [7, 11) is 0. The van der Waals surface area contributed by atoms with E-state index in [9.17, 15) is 9.59 Å². The molecule has 17 heavy (non-hydrogen) atoms. The minimum Gasteiger partial charge on any atom is -0.376 e. The van der Waals surface area contributed by atoms with Crippen LogP contribution in [0.25, 0.3) is 0 Å². The maximum atomic E-state index is 12.3. The van der Waals surface area contributed by atoms with Gasteiger partial charge in [-0.15, -0.1) is 0 Å². The average molecular weight is 238 g/mol. The van der Waals surface area contributed by atoms with Gasteiger partial charge in [0.25, 0.3) is 0 Å². The summed E-state index contributed by atoms with van der Waals surface area (Å²) in [6.45, 7) is 2.86. The van der Waals surface area contributed by atoms with E-state index in [-0.39, 0.29) is 36.5 Å². The van der Waals surface area contributed by atoms with Gasteiger partial charge in [-0.3, -0.25) is 9.59 Å². The van der Waals surface area contributed by atoms with Gasteiger partial charge in [0.15, 0.2) is 0 Å². The lowest BCUT2D eigenvalue weighted by Gasteiger charge is -2.37. The summed E-state index contributed by atoms with van der Waals surface area (Å²) < 4.78 is 5.49. The van der Waals surface area contributed by atoms with Crippen molar-refractivity contribution in [2.75, 3.05) is 13.2 Å². The van der Waals surface area contributed by atoms with E-state index in [1.165, 1.54) is 0 Å². The van der Waals surface area contributed by atoms with Crippen molar-refractivity contribution in [1.29, 1.82) is 0 Å². The summed E-state index contributed by atoms with van der Waals surface area (Å²) in [6, 6.07) is -0.196. The second-order valence-corrected chi connectivity index (χ2v) is 5.28. The Morgan fingerprint density at radius 2 is 2.06 bits per heavy atom. The van der Waals surface area contributed by atoms with E-state index in [2.05, 4.69) is 5.32 Å². The molecule has 2 aliphatic heterocycles. The van der Waals surface area contributed by atoms with E-state index in [1.807, 2.05) is 6.92 Å². The Hall–Kier alpha value is -1.10. The van der Waals surface area contributed by atoms with Crippen LogP contribution < -0.4 is 5.32 Å². The first-order chi connectivity index (χ1) is 8.16. The van der Waals surface area contributed by atoms with Crippen LogP contribution in [0.15, 0.2) is 0 Å². The number of carbonyl (C=O) groups excluding carboxylic acids is 2. The molecule has 1 saturated carbocycles. The van der Waals surface area contributed by atoms with E-state index >= 15 is 0 Å². The normalized spacial score (nSPS) is 38.4. The largest absolute Gasteiger partial charge is 0.376 e. The molecule has 94 valence electrons. The summed E-state index contributed by atoms with van der Waals surface area (Å²) >= 11 is 0. The minimum atomic E-state index is -0.274. The van der Waals surface area contributed by atoms with Crippen LogP contribution in [0.4, 0.5) is 0 Å². The lowest BCUT2D eigenvalue weighted by Crippen LogP contribution is -2.62. The molecular weight excluding hydrogens is 220 g/mol. The first-order valence-electron chi connectivity index (χ1n) is 6.38. The zero-order valence-corrected chi connectivity index (χ0v) is 10.0. The average Bonchev–Trinajstić information content (AvgIpc) is 3.05.